The molecule has 0 aliphatic heterocycles. The standard InChI is InChI=1S/C7H6Cl2.C7H7Cl/c1-5-3-2-4-6(8)7(5)9;1-6-4-2-3-5-7(6)8/h2-4H,1H3;2-5H,1H3. The monoisotopic (exact) mass is 286 g/mol. The van der Waals surface area contributed by atoms with Crippen molar-refractivity contribution in [3.8, 4) is 0 Å². The van der Waals surface area contributed by atoms with Crippen LogP contribution in [0.5, 0.6) is 0 Å². The third-order valence-corrected chi connectivity index (χ3v) is 3.56. The molecule has 17 heavy (non-hydrogen) atoms. The van der Waals surface area contributed by atoms with Crippen LogP contribution in [0.25, 0.3) is 0 Å². The Bertz CT molecular complexity index is 451. The molecule has 0 nitrogen and oxygen atoms in total. The normalized spacial score (nSPS) is 9.47. The van der Waals surface area contributed by atoms with Crippen LogP contribution in [-0.4, -0.2) is 0 Å². The summed E-state index contributed by atoms with van der Waals surface area (Å²) in [6.07, 6.45) is 0. The van der Waals surface area contributed by atoms with Gasteiger partial charge in [-0.15, -0.1) is 0 Å². The van der Waals surface area contributed by atoms with Gasteiger partial charge in [-0.1, -0.05) is 65.1 Å². The third-order valence-electron chi connectivity index (χ3n) is 2.22. The van der Waals surface area contributed by atoms with Crippen molar-refractivity contribution in [1.29, 1.82) is 0 Å². The Morgan fingerprint density at radius 3 is 1.59 bits per heavy atom. The molecule has 2 rings (SSSR count). The molecule has 0 unspecified atom stereocenters. The largest absolute Gasteiger partial charge is 0.0841 e. The molecule has 3 heteroatoms. The van der Waals surface area contributed by atoms with Crippen molar-refractivity contribution in [1.82, 2.24) is 0 Å². The molecule has 0 radical (unpaired) electrons. The Kier molecular flexibility index (Phi) is 5.84. The van der Waals surface area contributed by atoms with Crippen molar-refractivity contribution in [2.75, 3.05) is 0 Å². The molecule has 0 atom stereocenters. The van der Waals surface area contributed by atoms with E-state index < -0.39 is 0 Å². The van der Waals surface area contributed by atoms with Gasteiger partial charge in [0.15, 0.2) is 0 Å². The van der Waals surface area contributed by atoms with Gasteiger partial charge in [0.1, 0.15) is 0 Å². The molecule has 0 bridgehead atoms. The zero-order chi connectivity index (χ0) is 12.8. The average molecular weight is 288 g/mol. The second-order valence-electron chi connectivity index (χ2n) is 3.62. The van der Waals surface area contributed by atoms with E-state index in [1.165, 1.54) is 0 Å². The lowest BCUT2D eigenvalue weighted by molar-refractivity contribution is 1.47. The van der Waals surface area contributed by atoms with Gasteiger partial charge in [0.05, 0.1) is 10.0 Å². The minimum absolute atomic E-state index is 0.622. The lowest BCUT2D eigenvalue weighted by atomic mass is 10.2. The third kappa shape index (κ3) is 4.59. The van der Waals surface area contributed by atoms with E-state index in [1.54, 1.807) is 6.07 Å². The highest BCUT2D eigenvalue weighted by Gasteiger charge is 1.96. The predicted molar refractivity (Wildman–Crippen MR) is 77.4 cm³/mol. The van der Waals surface area contributed by atoms with Crippen molar-refractivity contribution in [3.63, 3.8) is 0 Å². The van der Waals surface area contributed by atoms with Crippen LogP contribution < -0.4 is 0 Å². The van der Waals surface area contributed by atoms with Crippen molar-refractivity contribution >= 4 is 34.8 Å². The van der Waals surface area contributed by atoms with E-state index >= 15 is 0 Å². The molecule has 0 aromatic heterocycles. The van der Waals surface area contributed by atoms with E-state index in [4.69, 9.17) is 34.8 Å². The van der Waals surface area contributed by atoms with Crippen LogP contribution in [0, 0.1) is 13.8 Å². The zero-order valence-electron chi connectivity index (χ0n) is 9.68. The molecule has 0 heterocycles. The Hall–Kier alpha value is -0.690. The Morgan fingerprint density at radius 2 is 1.18 bits per heavy atom. The van der Waals surface area contributed by atoms with E-state index in [0.29, 0.717) is 10.0 Å². The van der Waals surface area contributed by atoms with Gasteiger partial charge in [0.2, 0.25) is 0 Å². The minimum Gasteiger partial charge on any atom is -0.0841 e. The fourth-order valence-corrected chi connectivity index (χ4v) is 1.65. The summed E-state index contributed by atoms with van der Waals surface area (Å²) in [5, 5.41) is 2.11. The predicted octanol–water partition coefficient (Wildman–Crippen LogP) is 5.95. The van der Waals surface area contributed by atoms with Crippen LogP contribution in [0.3, 0.4) is 0 Å². The van der Waals surface area contributed by atoms with Crippen LogP contribution in [-0.2, 0) is 0 Å². The van der Waals surface area contributed by atoms with Crippen molar-refractivity contribution in [3.05, 3.63) is 68.7 Å². The molecule has 90 valence electrons. The van der Waals surface area contributed by atoms with Gasteiger partial charge < -0.3 is 0 Å². The Morgan fingerprint density at radius 1 is 0.647 bits per heavy atom. The highest BCUT2D eigenvalue weighted by molar-refractivity contribution is 6.42. The molecular weight excluding hydrogens is 275 g/mol. The SMILES string of the molecule is Cc1cccc(Cl)c1Cl.Cc1ccccc1Cl. The van der Waals surface area contributed by atoms with E-state index in [1.807, 2.05) is 50.2 Å². The number of aryl methyl sites for hydroxylation is 2. The zero-order valence-corrected chi connectivity index (χ0v) is 11.9. The van der Waals surface area contributed by atoms with Crippen LogP contribution in [0.15, 0.2) is 42.5 Å². The number of hydrogen-bond acceptors (Lipinski definition) is 0. The summed E-state index contributed by atoms with van der Waals surface area (Å²) in [6.45, 7) is 3.91. The first kappa shape index (κ1) is 14.4. The van der Waals surface area contributed by atoms with Crippen molar-refractivity contribution in [2.24, 2.45) is 0 Å². The summed E-state index contributed by atoms with van der Waals surface area (Å²) in [7, 11) is 0. The first-order valence-electron chi connectivity index (χ1n) is 5.14. The summed E-state index contributed by atoms with van der Waals surface area (Å²) in [6, 6.07) is 13.4. The number of halogens is 3. The van der Waals surface area contributed by atoms with E-state index in [2.05, 4.69) is 0 Å². The number of benzene rings is 2. The van der Waals surface area contributed by atoms with E-state index in [9.17, 15) is 0 Å². The first-order valence-corrected chi connectivity index (χ1v) is 6.27. The van der Waals surface area contributed by atoms with Crippen molar-refractivity contribution in [2.45, 2.75) is 13.8 Å². The molecule has 0 saturated heterocycles. The maximum atomic E-state index is 5.75. The highest BCUT2D eigenvalue weighted by atomic mass is 35.5. The van der Waals surface area contributed by atoms with E-state index in [-0.39, 0.29) is 0 Å². The fraction of sp³-hybridized carbons (Fsp3) is 0.143. The lowest BCUT2D eigenvalue weighted by Gasteiger charge is -1.96. The molecule has 0 fully saturated rings. The smallest absolute Gasteiger partial charge is 0.0621 e. The summed E-state index contributed by atoms with van der Waals surface area (Å²) < 4.78 is 0. The summed E-state index contributed by atoms with van der Waals surface area (Å²) in [4.78, 5) is 0. The van der Waals surface area contributed by atoms with Crippen LogP contribution >= 0.6 is 34.8 Å². The van der Waals surface area contributed by atoms with Gasteiger partial charge in [-0.3, -0.25) is 0 Å². The second-order valence-corrected chi connectivity index (χ2v) is 4.81. The molecule has 0 amide bonds. The molecule has 0 aliphatic rings. The Labute approximate surface area is 117 Å². The quantitative estimate of drug-likeness (QED) is 0.561. The molecular formula is C14H13Cl3. The average Bonchev–Trinajstić information content (AvgIpc) is 2.31. The first-order chi connectivity index (χ1) is 8.02. The second kappa shape index (κ2) is 6.90. The summed E-state index contributed by atoms with van der Waals surface area (Å²) in [5.41, 5.74) is 2.15. The molecule has 0 aliphatic carbocycles. The Balaban J connectivity index is 0.000000171. The fourth-order valence-electron chi connectivity index (χ4n) is 1.16. The van der Waals surface area contributed by atoms with Gasteiger partial charge in [-0.2, -0.15) is 0 Å². The van der Waals surface area contributed by atoms with Gasteiger partial charge in [-0.05, 0) is 37.1 Å². The topological polar surface area (TPSA) is 0 Å². The maximum Gasteiger partial charge on any atom is 0.0621 e. The molecule has 0 N–H and O–H groups in total. The number of rotatable bonds is 0. The maximum absolute atomic E-state index is 5.75. The van der Waals surface area contributed by atoms with Gasteiger partial charge >= 0.3 is 0 Å². The lowest BCUT2D eigenvalue weighted by Crippen LogP contribution is -1.73. The molecule has 0 saturated carbocycles. The van der Waals surface area contributed by atoms with Crippen LogP contribution in [0.2, 0.25) is 15.1 Å². The number of hydrogen-bond donors (Lipinski definition) is 0. The summed E-state index contributed by atoms with van der Waals surface area (Å²) in [5.74, 6) is 0. The van der Waals surface area contributed by atoms with Gasteiger partial charge in [0.25, 0.3) is 0 Å². The highest BCUT2D eigenvalue weighted by Crippen LogP contribution is 2.24. The van der Waals surface area contributed by atoms with Crippen LogP contribution in [0.4, 0.5) is 0 Å². The van der Waals surface area contributed by atoms with E-state index in [0.717, 1.165) is 16.1 Å². The van der Waals surface area contributed by atoms with Crippen molar-refractivity contribution < 1.29 is 0 Å². The molecule has 0 spiro atoms. The van der Waals surface area contributed by atoms with Gasteiger partial charge in [0, 0.05) is 5.02 Å². The summed E-state index contributed by atoms with van der Waals surface area (Å²) >= 11 is 17.1. The molecule has 2 aromatic carbocycles. The molecule has 2 aromatic rings. The van der Waals surface area contributed by atoms with Crippen LogP contribution in [0.1, 0.15) is 11.1 Å². The van der Waals surface area contributed by atoms with Gasteiger partial charge in [-0.25, -0.2) is 0 Å². The minimum atomic E-state index is 0.622.